The van der Waals surface area contributed by atoms with Crippen molar-refractivity contribution in [3.8, 4) is 0 Å². The normalized spacial score (nSPS) is 11.1. The Bertz CT molecular complexity index is 577. The first-order chi connectivity index (χ1) is 9.72. The number of guanidine groups is 1. The number of nitrogens with zero attached hydrogens (tertiary/aromatic N) is 2. The number of nitrogens with one attached hydrogen (secondary N) is 2. The topological polar surface area (TPSA) is 49.3 Å². The lowest BCUT2D eigenvalue weighted by Gasteiger charge is -2.10. The molecule has 0 saturated heterocycles. The summed E-state index contributed by atoms with van der Waals surface area (Å²) in [6.07, 6.45) is 0.995. The molecule has 0 aliphatic carbocycles. The van der Waals surface area contributed by atoms with Crippen molar-refractivity contribution in [3.05, 3.63) is 38.0 Å². The zero-order chi connectivity index (χ0) is 14.4. The maximum atomic E-state index is 4.53. The second-order valence-electron chi connectivity index (χ2n) is 4.39. The minimum absolute atomic E-state index is 0. The molecule has 2 heterocycles. The SMILES string of the molecule is CCc1nc(CNC(=NC)NCc2sccc2C)cs1.I. The predicted molar refractivity (Wildman–Crippen MR) is 103 cm³/mol. The van der Waals surface area contributed by atoms with Gasteiger partial charge >= 0.3 is 0 Å². The van der Waals surface area contributed by atoms with Crippen molar-refractivity contribution < 1.29 is 0 Å². The van der Waals surface area contributed by atoms with Crippen molar-refractivity contribution in [2.24, 2.45) is 4.99 Å². The van der Waals surface area contributed by atoms with Crippen LogP contribution in [0.25, 0.3) is 0 Å². The average Bonchev–Trinajstić information content (AvgIpc) is 3.08. The third-order valence-electron chi connectivity index (χ3n) is 2.95. The lowest BCUT2D eigenvalue weighted by Crippen LogP contribution is -2.36. The van der Waals surface area contributed by atoms with Crippen molar-refractivity contribution in [2.75, 3.05) is 7.05 Å². The predicted octanol–water partition coefficient (Wildman–Crippen LogP) is 3.56. The fourth-order valence-corrected chi connectivity index (χ4v) is 3.33. The highest BCUT2D eigenvalue weighted by atomic mass is 127. The van der Waals surface area contributed by atoms with E-state index in [2.05, 4.69) is 51.3 Å². The van der Waals surface area contributed by atoms with E-state index in [1.165, 1.54) is 15.4 Å². The molecule has 0 atom stereocenters. The van der Waals surface area contributed by atoms with Crippen LogP contribution in [-0.2, 0) is 19.5 Å². The van der Waals surface area contributed by atoms with Gasteiger partial charge in [-0.25, -0.2) is 4.98 Å². The van der Waals surface area contributed by atoms with E-state index in [9.17, 15) is 0 Å². The molecule has 0 amide bonds. The Kier molecular flexibility index (Phi) is 8.20. The zero-order valence-corrected chi connectivity index (χ0v) is 16.4. The minimum Gasteiger partial charge on any atom is -0.352 e. The molecule has 2 aromatic rings. The molecule has 0 aromatic carbocycles. The monoisotopic (exact) mass is 436 g/mol. The molecule has 0 unspecified atom stereocenters. The van der Waals surface area contributed by atoms with Gasteiger partial charge in [-0.2, -0.15) is 0 Å². The van der Waals surface area contributed by atoms with Crippen LogP contribution in [0.3, 0.4) is 0 Å². The van der Waals surface area contributed by atoms with Crippen molar-refractivity contribution in [1.29, 1.82) is 0 Å². The molecule has 0 aliphatic heterocycles. The zero-order valence-electron chi connectivity index (χ0n) is 12.5. The van der Waals surface area contributed by atoms with Gasteiger partial charge in [0.15, 0.2) is 5.96 Å². The Labute approximate surface area is 151 Å². The number of rotatable bonds is 5. The molecule has 21 heavy (non-hydrogen) atoms. The molecule has 7 heteroatoms. The van der Waals surface area contributed by atoms with E-state index in [1.54, 1.807) is 29.7 Å². The molecule has 4 nitrogen and oxygen atoms in total. The van der Waals surface area contributed by atoms with Gasteiger partial charge in [0.25, 0.3) is 0 Å². The maximum absolute atomic E-state index is 4.53. The quantitative estimate of drug-likeness (QED) is 0.428. The van der Waals surface area contributed by atoms with Gasteiger partial charge in [-0.3, -0.25) is 4.99 Å². The number of thiophene rings is 1. The van der Waals surface area contributed by atoms with Crippen molar-refractivity contribution >= 4 is 52.6 Å². The Morgan fingerprint density at radius 3 is 2.62 bits per heavy atom. The largest absolute Gasteiger partial charge is 0.352 e. The summed E-state index contributed by atoms with van der Waals surface area (Å²) in [5.41, 5.74) is 2.40. The number of thiazole rings is 1. The van der Waals surface area contributed by atoms with Gasteiger partial charge in [0.1, 0.15) is 0 Å². The highest BCUT2D eigenvalue weighted by molar-refractivity contribution is 14.0. The number of aliphatic imine (C=N–C) groups is 1. The first-order valence-electron chi connectivity index (χ1n) is 6.63. The Hall–Kier alpha value is -0.670. The number of aryl methyl sites for hydroxylation is 2. The summed E-state index contributed by atoms with van der Waals surface area (Å²) in [5, 5.41) is 12.0. The van der Waals surface area contributed by atoms with Gasteiger partial charge in [-0.15, -0.1) is 46.7 Å². The summed E-state index contributed by atoms with van der Waals surface area (Å²) in [6.45, 7) is 5.77. The Balaban J connectivity index is 0.00000220. The van der Waals surface area contributed by atoms with E-state index in [0.29, 0.717) is 6.54 Å². The molecule has 2 aromatic heterocycles. The molecule has 2 rings (SSSR count). The van der Waals surface area contributed by atoms with Crippen LogP contribution < -0.4 is 10.6 Å². The summed E-state index contributed by atoms with van der Waals surface area (Å²) in [7, 11) is 1.79. The van der Waals surface area contributed by atoms with E-state index < -0.39 is 0 Å². The number of aromatic nitrogens is 1. The molecule has 0 aliphatic rings. The lowest BCUT2D eigenvalue weighted by atomic mass is 10.3. The second-order valence-corrected chi connectivity index (χ2v) is 6.34. The number of hydrogen-bond acceptors (Lipinski definition) is 4. The highest BCUT2D eigenvalue weighted by Gasteiger charge is 2.04. The van der Waals surface area contributed by atoms with E-state index in [4.69, 9.17) is 0 Å². The van der Waals surface area contributed by atoms with E-state index in [1.807, 2.05) is 0 Å². The van der Waals surface area contributed by atoms with E-state index >= 15 is 0 Å². The standard InChI is InChI=1S/C14H20N4S2.HI/c1-4-13-18-11(9-20-13)7-16-14(15-3)17-8-12-10(2)5-6-19-12;/h5-6,9H,4,7-8H2,1-3H3,(H2,15,16,17);1H. The molecule has 0 fully saturated rings. The fourth-order valence-electron chi connectivity index (χ4n) is 1.74. The van der Waals surface area contributed by atoms with Crippen LogP contribution in [0.1, 0.15) is 28.1 Å². The summed E-state index contributed by atoms with van der Waals surface area (Å²) < 4.78 is 0. The first-order valence-corrected chi connectivity index (χ1v) is 8.39. The maximum Gasteiger partial charge on any atom is 0.191 e. The molecule has 0 spiro atoms. The molecular formula is C14H21IN4S2. The van der Waals surface area contributed by atoms with Gasteiger partial charge in [0.2, 0.25) is 0 Å². The third kappa shape index (κ3) is 5.55. The third-order valence-corrected chi connectivity index (χ3v) is 5.01. The fraction of sp³-hybridized carbons (Fsp3) is 0.429. The van der Waals surface area contributed by atoms with Crippen molar-refractivity contribution in [2.45, 2.75) is 33.4 Å². The summed E-state index contributed by atoms with van der Waals surface area (Å²) in [4.78, 5) is 10.1. The summed E-state index contributed by atoms with van der Waals surface area (Å²) in [6, 6.07) is 2.14. The molecule has 0 saturated carbocycles. The van der Waals surface area contributed by atoms with Crippen LogP contribution in [0.15, 0.2) is 21.8 Å². The summed E-state index contributed by atoms with van der Waals surface area (Å²) >= 11 is 3.48. The first kappa shape index (κ1) is 18.4. The number of hydrogen-bond donors (Lipinski definition) is 2. The molecular weight excluding hydrogens is 415 g/mol. The molecule has 0 bridgehead atoms. The van der Waals surface area contributed by atoms with E-state index in [-0.39, 0.29) is 24.0 Å². The van der Waals surface area contributed by atoms with Crippen molar-refractivity contribution in [1.82, 2.24) is 15.6 Å². The summed E-state index contributed by atoms with van der Waals surface area (Å²) in [5.74, 6) is 0.809. The van der Waals surface area contributed by atoms with Gasteiger partial charge in [-0.1, -0.05) is 6.92 Å². The van der Waals surface area contributed by atoms with Crippen molar-refractivity contribution in [3.63, 3.8) is 0 Å². The van der Waals surface area contributed by atoms with Gasteiger partial charge in [-0.05, 0) is 30.4 Å². The minimum atomic E-state index is 0. The average molecular weight is 436 g/mol. The Morgan fingerprint density at radius 1 is 1.29 bits per heavy atom. The van der Waals surface area contributed by atoms with Crippen LogP contribution in [0.2, 0.25) is 0 Å². The molecule has 0 radical (unpaired) electrons. The molecule has 116 valence electrons. The van der Waals surface area contributed by atoms with Crippen LogP contribution in [0.4, 0.5) is 0 Å². The van der Waals surface area contributed by atoms with Crippen LogP contribution in [-0.4, -0.2) is 18.0 Å². The van der Waals surface area contributed by atoms with Crippen LogP contribution >= 0.6 is 46.7 Å². The Morgan fingerprint density at radius 2 is 2.05 bits per heavy atom. The van der Waals surface area contributed by atoms with Gasteiger partial charge < -0.3 is 10.6 Å². The van der Waals surface area contributed by atoms with Crippen LogP contribution in [0, 0.1) is 6.92 Å². The van der Waals surface area contributed by atoms with Gasteiger partial charge in [0.05, 0.1) is 23.8 Å². The van der Waals surface area contributed by atoms with E-state index in [0.717, 1.165) is 24.6 Å². The number of halogens is 1. The molecule has 2 N–H and O–H groups in total. The highest BCUT2D eigenvalue weighted by Crippen LogP contribution is 2.14. The smallest absolute Gasteiger partial charge is 0.191 e. The second kappa shape index (κ2) is 9.37. The van der Waals surface area contributed by atoms with Gasteiger partial charge in [0, 0.05) is 17.3 Å². The lowest BCUT2D eigenvalue weighted by molar-refractivity contribution is 0.798. The van der Waals surface area contributed by atoms with Crippen LogP contribution in [0.5, 0.6) is 0 Å².